The number of benzene rings is 2. The summed E-state index contributed by atoms with van der Waals surface area (Å²) in [5.74, 6) is 0.0448. The van der Waals surface area contributed by atoms with Crippen LogP contribution in [0.5, 0.6) is 0 Å². The van der Waals surface area contributed by atoms with Crippen molar-refractivity contribution in [3.63, 3.8) is 0 Å². The fraction of sp³-hybridized carbons (Fsp3) is 0.0870. The highest BCUT2D eigenvalue weighted by molar-refractivity contribution is 7.80. The quantitative estimate of drug-likeness (QED) is 0.401. The van der Waals surface area contributed by atoms with Gasteiger partial charge in [0.2, 0.25) is 0 Å². The second kappa shape index (κ2) is 7.48. The third kappa shape index (κ3) is 3.50. The Bertz CT molecular complexity index is 1160. The number of anilines is 1. The molecular weight excluding hydrogens is 384 g/mol. The minimum atomic E-state index is -0.542. The zero-order valence-electron chi connectivity index (χ0n) is 15.9. The predicted octanol–water partition coefficient (Wildman–Crippen LogP) is 4.39. The number of rotatable bonds is 3. The summed E-state index contributed by atoms with van der Waals surface area (Å²) >= 11 is 5.27. The van der Waals surface area contributed by atoms with Gasteiger partial charge in [0.25, 0.3) is 11.8 Å². The summed E-state index contributed by atoms with van der Waals surface area (Å²) < 4.78 is 5.82. The number of carbonyl (C=O) groups is 2. The number of furan rings is 1. The molecule has 2 heterocycles. The Morgan fingerprint density at radius 3 is 2.48 bits per heavy atom. The lowest BCUT2D eigenvalue weighted by molar-refractivity contribution is -0.122. The van der Waals surface area contributed by atoms with Gasteiger partial charge in [-0.3, -0.25) is 19.8 Å². The molecule has 2 aromatic carbocycles. The number of nitrogens with one attached hydrogen (secondary N) is 1. The monoisotopic (exact) mass is 402 g/mol. The van der Waals surface area contributed by atoms with Crippen LogP contribution >= 0.6 is 12.2 Å². The summed E-state index contributed by atoms with van der Waals surface area (Å²) in [6, 6.07) is 18.8. The molecule has 0 bridgehead atoms. The van der Waals surface area contributed by atoms with Gasteiger partial charge in [0.15, 0.2) is 5.11 Å². The molecule has 0 radical (unpaired) electrons. The van der Waals surface area contributed by atoms with E-state index in [1.54, 1.807) is 12.1 Å². The van der Waals surface area contributed by atoms with E-state index >= 15 is 0 Å². The van der Waals surface area contributed by atoms with Crippen LogP contribution in [0.15, 0.2) is 70.7 Å². The Kier molecular flexibility index (Phi) is 4.86. The normalized spacial score (nSPS) is 15.7. The van der Waals surface area contributed by atoms with Crippen molar-refractivity contribution in [3.8, 4) is 11.3 Å². The fourth-order valence-electron chi connectivity index (χ4n) is 3.18. The van der Waals surface area contributed by atoms with Gasteiger partial charge in [-0.15, -0.1) is 0 Å². The van der Waals surface area contributed by atoms with Crippen LogP contribution in [-0.4, -0.2) is 16.9 Å². The van der Waals surface area contributed by atoms with Crippen molar-refractivity contribution in [1.82, 2.24) is 5.32 Å². The Morgan fingerprint density at radius 1 is 0.966 bits per heavy atom. The van der Waals surface area contributed by atoms with Crippen LogP contribution in [0.25, 0.3) is 17.4 Å². The van der Waals surface area contributed by atoms with E-state index in [0.717, 1.165) is 16.7 Å². The van der Waals surface area contributed by atoms with Gasteiger partial charge in [-0.05, 0) is 61.5 Å². The van der Waals surface area contributed by atoms with Crippen LogP contribution in [0.4, 0.5) is 5.69 Å². The van der Waals surface area contributed by atoms with E-state index in [1.165, 1.54) is 11.0 Å². The Balaban J connectivity index is 1.71. The van der Waals surface area contributed by atoms with Gasteiger partial charge in [-0.25, -0.2) is 0 Å². The lowest BCUT2D eigenvalue weighted by Gasteiger charge is -2.30. The Labute approximate surface area is 173 Å². The maximum Gasteiger partial charge on any atom is 0.270 e. The summed E-state index contributed by atoms with van der Waals surface area (Å²) in [6.45, 7) is 3.87. The maximum atomic E-state index is 13.2. The van der Waals surface area contributed by atoms with Gasteiger partial charge in [-0.2, -0.15) is 0 Å². The first-order valence-corrected chi connectivity index (χ1v) is 9.49. The number of hydrogen-bond donors (Lipinski definition) is 1. The first kappa shape index (κ1) is 18.8. The minimum Gasteiger partial charge on any atom is -0.457 e. The van der Waals surface area contributed by atoms with Gasteiger partial charge < -0.3 is 4.42 Å². The van der Waals surface area contributed by atoms with E-state index in [4.69, 9.17) is 16.6 Å². The number of thiocarbonyl (C=S) groups is 1. The summed E-state index contributed by atoms with van der Waals surface area (Å²) in [5, 5.41) is 2.67. The van der Waals surface area contributed by atoms with Crippen LogP contribution < -0.4 is 10.2 Å². The van der Waals surface area contributed by atoms with Crippen LogP contribution in [0, 0.1) is 13.8 Å². The molecule has 1 aliphatic heterocycles. The standard InChI is InChI=1S/C23H18N2O3S/c1-14-7-6-10-19(15(14)2)25-22(27)18(21(26)24-23(25)29)13-17-11-12-20(28-17)16-8-4-3-5-9-16/h3-13H,1-2H3,(H,24,26,29)/b18-13+. The number of carbonyl (C=O) groups excluding carboxylic acids is 2. The molecule has 144 valence electrons. The average molecular weight is 402 g/mol. The third-order valence-corrected chi connectivity index (χ3v) is 5.17. The molecule has 3 aromatic rings. The maximum absolute atomic E-state index is 13.2. The number of hydrogen-bond acceptors (Lipinski definition) is 4. The van der Waals surface area contributed by atoms with Gasteiger partial charge in [-0.1, -0.05) is 42.5 Å². The first-order chi connectivity index (χ1) is 14.0. The highest BCUT2D eigenvalue weighted by Gasteiger charge is 2.35. The van der Waals surface area contributed by atoms with E-state index in [-0.39, 0.29) is 10.7 Å². The molecule has 4 rings (SSSR count). The second-order valence-corrected chi connectivity index (χ2v) is 7.13. The zero-order valence-corrected chi connectivity index (χ0v) is 16.7. The molecular formula is C23H18N2O3S. The van der Waals surface area contributed by atoms with E-state index in [9.17, 15) is 9.59 Å². The van der Waals surface area contributed by atoms with Gasteiger partial charge >= 0.3 is 0 Å². The fourth-order valence-corrected chi connectivity index (χ4v) is 3.46. The number of nitrogens with zero attached hydrogens (tertiary/aromatic N) is 1. The Morgan fingerprint density at radius 2 is 1.72 bits per heavy atom. The largest absolute Gasteiger partial charge is 0.457 e. The van der Waals surface area contributed by atoms with Crippen molar-refractivity contribution >= 4 is 40.9 Å². The van der Waals surface area contributed by atoms with E-state index in [1.807, 2.05) is 62.4 Å². The van der Waals surface area contributed by atoms with Gasteiger partial charge in [0.05, 0.1) is 5.69 Å². The first-order valence-electron chi connectivity index (χ1n) is 9.08. The van der Waals surface area contributed by atoms with E-state index < -0.39 is 11.8 Å². The van der Waals surface area contributed by atoms with Crippen molar-refractivity contribution in [2.45, 2.75) is 13.8 Å². The minimum absolute atomic E-state index is 0.0338. The van der Waals surface area contributed by atoms with Gasteiger partial charge in [0.1, 0.15) is 17.1 Å². The van der Waals surface area contributed by atoms with E-state index in [2.05, 4.69) is 5.32 Å². The SMILES string of the molecule is Cc1cccc(N2C(=O)/C(=C/c3ccc(-c4ccccc4)o3)C(=O)NC2=S)c1C. The summed E-state index contributed by atoms with van der Waals surface area (Å²) in [4.78, 5) is 27.0. The summed E-state index contributed by atoms with van der Waals surface area (Å²) in [6.07, 6.45) is 1.45. The molecule has 1 aliphatic rings. The molecule has 1 saturated heterocycles. The van der Waals surface area contributed by atoms with Gasteiger partial charge in [0, 0.05) is 5.56 Å². The molecule has 0 saturated carbocycles. The molecule has 29 heavy (non-hydrogen) atoms. The molecule has 0 spiro atoms. The van der Waals surface area contributed by atoms with E-state index in [0.29, 0.717) is 17.2 Å². The molecule has 0 unspecified atom stereocenters. The lowest BCUT2D eigenvalue weighted by Crippen LogP contribution is -2.54. The third-order valence-electron chi connectivity index (χ3n) is 4.89. The summed E-state index contributed by atoms with van der Waals surface area (Å²) in [5.41, 5.74) is 3.47. The van der Waals surface area contributed by atoms with Crippen molar-refractivity contribution in [3.05, 3.63) is 83.1 Å². The average Bonchev–Trinajstić information content (AvgIpc) is 3.18. The smallest absolute Gasteiger partial charge is 0.270 e. The van der Waals surface area contributed by atoms with Crippen LogP contribution in [0.2, 0.25) is 0 Å². The molecule has 5 nitrogen and oxygen atoms in total. The highest BCUT2D eigenvalue weighted by Crippen LogP contribution is 2.28. The van der Waals surface area contributed by atoms with Crippen molar-refractivity contribution in [1.29, 1.82) is 0 Å². The number of aryl methyl sites for hydroxylation is 1. The highest BCUT2D eigenvalue weighted by atomic mass is 32.1. The Hall–Kier alpha value is -3.51. The lowest BCUT2D eigenvalue weighted by atomic mass is 10.0. The van der Waals surface area contributed by atoms with Crippen LogP contribution in [0.1, 0.15) is 16.9 Å². The summed E-state index contributed by atoms with van der Waals surface area (Å²) in [7, 11) is 0. The molecule has 0 aliphatic carbocycles. The molecule has 6 heteroatoms. The van der Waals surface area contributed by atoms with Crippen LogP contribution in [0.3, 0.4) is 0 Å². The predicted molar refractivity (Wildman–Crippen MR) is 116 cm³/mol. The topological polar surface area (TPSA) is 62.6 Å². The molecule has 1 N–H and O–H groups in total. The van der Waals surface area contributed by atoms with Crippen molar-refractivity contribution in [2.24, 2.45) is 0 Å². The molecule has 0 atom stereocenters. The van der Waals surface area contributed by atoms with Crippen molar-refractivity contribution < 1.29 is 14.0 Å². The molecule has 2 amide bonds. The molecule has 1 fully saturated rings. The van der Waals surface area contributed by atoms with Crippen molar-refractivity contribution in [2.75, 3.05) is 4.90 Å². The zero-order chi connectivity index (χ0) is 20.5. The number of amides is 2. The van der Waals surface area contributed by atoms with Crippen LogP contribution in [-0.2, 0) is 9.59 Å². The molecule has 1 aromatic heterocycles. The second-order valence-electron chi connectivity index (χ2n) is 6.74.